The van der Waals surface area contributed by atoms with Crippen molar-refractivity contribution in [2.45, 2.75) is 19.4 Å². The maximum absolute atomic E-state index is 11.5. The van der Waals surface area contributed by atoms with Crippen molar-refractivity contribution in [1.29, 1.82) is 0 Å². The SMILES string of the molecule is CC(=O)N1CCOCC(O)(COc2cccc(C)c2)C1. The van der Waals surface area contributed by atoms with Gasteiger partial charge in [-0.25, -0.2) is 0 Å². The van der Waals surface area contributed by atoms with Gasteiger partial charge in [-0.05, 0) is 24.6 Å². The quantitative estimate of drug-likeness (QED) is 0.896. The standard InChI is InChI=1S/C15H21NO4/c1-12-4-3-5-14(8-12)20-11-15(18)9-16(13(2)17)6-7-19-10-15/h3-5,8,18H,6-7,9-11H2,1-2H3. The molecule has 1 aromatic rings. The number of amides is 1. The average Bonchev–Trinajstić information content (AvgIpc) is 2.59. The Labute approximate surface area is 119 Å². The van der Waals surface area contributed by atoms with Crippen molar-refractivity contribution in [2.24, 2.45) is 0 Å². The zero-order chi connectivity index (χ0) is 14.6. The summed E-state index contributed by atoms with van der Waals surface area (Å²) in [5.74, 6) is 0.640. The van der Waals surface area contributed by atoms with Gasteiger partial charge in [-0.2, -0.15) is 0 Å². The van der Waals surface area contributed by atoms with Crippen molar-refractivity contribution in [3.8, 4) is 5.75 Å². The van der Waals surface area contributed by atoms with Crippen LogP contribution in [-0.4, -0.2) is 54.4 Å². The minimum Gasteiger partial charge on any atom is -0.490 e. The van der Waals surface area contributed by atoms with Crippen molar-refractivity contribution in [3.63, 3.8) is 0 Å². The first kappa shape index (κ1) is 14.8. The molecule has 0 radical (unpaired) electrons. The molecule has 0 bridgehead atoms. The van der Waals surface area contributed by atoms with Crippen molar-refractivity contribution in [2.75, 3.05) is 32.9 Å². The number of aryl methyl sites for hydroxylation is 1. The molecule has 110 valence electrons. The van der Waals surface area contributed by atoms with Crippen LogP contribution in [0.1, 0.15) is 12.5 Å². The van der Waals surface area contributed by atoms with E-state index in [4.69, 9.17) is 9.47 Å². The summed E-state index contributed by atoms with van der Waals surface area (Å²) in [7, 11) is 0. The number of carbonyl (C=O) groups excluding carboxylic acids is 1. The Balaban J connectivity index is 2.00. The molecule has 1 fully saturated rings. The van der Waals surface area contributed by atoms with Crippen LogP contribution in [0.4, 0.5) is 0 Å². The Morgan fingerprint density at radius 1 is 1.55 bits per heavy atom. The van der Waals surface area contributed by atoms with Crippen LogP contribution in [0.3, 0.4) is 0 Å². The van der Waals surface area contributed by atoms with Crippen LogP contribution in [0.5, 0.6) is 5.75 Å². The monoisotopic (exact) mass is 279 g/mol. The lowest BCUT2D eigenvalue weighted by Gasteiger charge is -2.30. The molecular weight excluding hydrogens is 258 g/mol. The second-order valence-corrected chi connectivity index (χ2v) is 5.32. The van der Waals surface area contributed by atoms with Gasteiger partial charge in [0.15, 0.2) is 0 Å². The third-order valence-corrected chi connectivity index (χ3v) is 3.30. The largest absolute Gasteiger partial charge is 0.490 e. The summed E-state index contributed by atoms with van der Waals surface area (Å²) in [6.45, 7) is 4.91. The summed E-state index contributed by atoms with van der Waals surface area (Å²) in [6.07, 6.45) is 0. The molecule has 1 aliphatic rings. The predicted octanol–water partition coefficient (Wildman–Crippen LogP) is 0.984. The molecule has 2 rings (SSSR count). The Hall–Kier alpha value is -1.59. The minimum atomic E-state index is -1.17. The van der Waals surface area contributed by atoms with Crippen LogP contribution < -0.4 is 4.74 Å². The van der Waals surface area contributed by atoms with E-state index in [-0.39, 0.29) is 25.7 Å². The fourth-order valence-corrected chi connectivity index (χ4v) is 2.20. The van der Waals surface area contributed by atoms with Gasteiger partial charge in [0.05, 0.1) is 19.8 Å². The number of hydrogen-bond acceptors (Lipinski definition) is 4. The van der Waals surface area contributed by atoms with E-state index in [0.717, 1.165) is 5.56 Å². The van der Waals surface area contributed by atoms with Crippen LogP contribution >= 0.6 is 0 Å². The van der Waals surface area contributed by atoms with Gasteiger partial charge in [0.25, 0.3) is 0 Å². The van der Waals surface area contributed by atoms with E-state index < -0.39 is 5.60 Å². The number of β-amino-alcohol motifs (C(OH)–C–C–N with tert-alkyl or cyclic N) is 1. The van der Waals surface area contributed by atoms with Crippen LogP contribution in [0.2, 0.25) is 0 Å². The van der Waals surface area contributed by atoms with Gasteiger partial charge in [-0.15, -0.1) is 0 Å². The minimum absolute atomic E-state index is 0.0653. The van der Waals surface area contributed by atoms with Crippen molar-refractivity contribution in [3.05, 3.63) is 29.8 Å². The van der Waals surface area contributed by atoms with E-state index >= 15 is 0 Å². The van der Waals surface area contributed by atoms with E-state index in [9.17, 15) is 9.90 Å². The Morgan fingerprint density at radius 3 is 3.05 bits per heavy atom. The second-order valence-electron chi connectivity index (χ2n) is 5.32. The summed E-state index contributed by atoms with van der Waals surface area (Å²) in [6, 6.07) is 7.63. The number of hydrogen-bond donors (Lipinski definition) is 1. The topological polar surface area (TPSA) is 59.0 Å². The summed E-state index contributed by atoms with van der Waals surface area (Å²) in [5.41, 5.74) is -0.0803. The van der Waals surface area contributed by atoms with Crippen molar-refractivity contribution < 1.29 is 19.4 Å². The summed E-state index contributed by atoms with van der Waals surface area (Å²) < 4.78 is 11.0. The van der Waals surface area contributed by atoms with E-state index in [1.807, 2.05) is 31.2 Å². The molecule has 1 aromatic carbocycles. The number of carbonyl (C=O) groups is 1. The number of aliphatic hydroxyl groups is 1. The highest BCUT2D eigenvalue weighted by Crippen LogP contribution is 2.17. The highest BCUT2D eigenvalue weighted by Gasteiger charge is 2.34. The molecule has 1 unspecified atom stereocenters. The summed E-state index contributed by atoms with van der Waals surface area (Å²) >= 11 is 0. The van der Waals surface area contributed by atoms with Gasteiger partial charge in [-0.3, -0.25) is 4.79 Å². The maximum Gasteiger partial charge on any atom is 0.219 e. The van der Waals surface area contributed by atoms with Crippen LogP contribution in [0.25, 0.3) is 0 Å². The zero-order valence-corrected chi connectivity index (χ0v) is 12.0. The predicted molar refractivity (Wildman–Crippen MR) is 74.7 cm³/mol. The second kappa shape index (κ2) is 6.24. The Morgan fingerprint density at radius 2 is 2.35 bits per heavy atom. The van der Waals surface area contributed by atoms with E-state index in [0.29, 0.717) is 18.9 Å². The number of ether oxygens (including phenoxy) is 2. The molecule has 1 N–H and O–H groups in total. The molecule has 1 amide bonds. The Bertz CT molecular complexity index is 477. The molecule has 5 nitrogen and oxygen atoms in total. The molecular formula is C15H21NO4. The fourth-order valence-electron chi connectivity index (χ4n) is 2.20. The number of nitrogens with zero attached hydrogens (tertiary/aromatic N) is 1. The molecule has 1 atom stereocenters. The van der Waals surface area contributed by atoms with E-state index in [1.54, 1.807) is 4.90 Å². The molecule has 1 heterocycles. The zero-order valence-electron chi connectivity index (χ0n) is 12.0. The van der Waals surface area contributed by atoms with Gasteiger partial charge in [0.1, 0.15) is 18.0 Å². The van der Waals surface area contributed by atoms with E-state index in [2.05, 4.69) is 0 Å². The van der Waals surface area contributed by atoms with Crippen LogP contribution in [-0.2, 0) is 9.53 Å². The molecule has 1 aliphatic heterocycles. The average molecular weight is 279 g/mol. The van der Waals surface area contributed by atoms with Gasteiger partial charge in [-0.1, -0.05) is 12.1 Å². The Kier molecular flexibility index (Phi) is 4.62. The van der Waals surface area contributed by atoms with Gasteiger partial charge < -0.3 is 19.5 Å². The molecule has 1 saturated heterocycles. The third-order valence-electron chi connectivity index (χ3n) is 3.30. The molecule has 5 heteroatoms. The third kappa shape index (κ3) is 3.95. The normalized spacial score (nSPS) is 23.2. The van der Waals surface area contributed by atoms with Gasteiger partial charge >= 0.3 is 0 Å². The lowest BCUT2D eigenvalue weighted by Crippen LogP contribution is -2.49. The van der Waals surface area contributed by atoms with Crippen molar-refractivity contribution in [1.82, 2.24) is 4.90 Å². The van der Waals surface area contributed by atoms with Gasteiger partial charge in [0.2, 0.25) is 5.91 Å². The van der Waals surface area contributed by atoms with E-state index in [1.165, 1.54) is 6.92 Å². The maximum atomic E-state index is 11.5. The summed E-state index contributed by atoms with van der Waals surface area (Å²) in [4.78, 5) is 13.1. The lowest BCUT2D eigenvalue weighted by molar-refractivity contribution is -0.132. The smallest absolute Gasteiger partial charge is 0.219 e. The van der Waals surface area contributed by atoms with Crippen molar-refractivity contribution >= 4 is 5.91 Å². The molecule has 20 heavy (non-hydrogen) atoms. The molecule has 0 saturated carbocycles. The molecule has 0 aliphatic carbocycles. The first-order chi connectivity index (χ1) is 9.48. The summed E-state index contributed by atoms with van der Waals surface area (Å²) in [5, 5.41) is 10.6. The highest BCUT2D eigenvalue weighted by molar-refractivity contribution is 5.73. The van der Waals surface area contributed by atoms with Crippen LogP contribution in [0.15, 0.2) is 24.3 Å². The highest BCUT2D eigenvalue weighted by atomic mass is 16.5. The lowest BCUT2D eigenvalue weighted by atomic mass is 10.1. The first-order valence-electron chi connectivity index (χ1n) is 6.74. The molecule has 0 aromatic heterocycles. The van der Waals surface area contributed by atoms with Crippen LogP contribution in [0, 0.1) is 6.92 Å². The number of rotatable bonds is 3. The number of benzene rings is 1. The fraction of sp³-hybridized carbons (Fsp3) is 0.533. The molecule has 0 spiro atoms. The van der Waals surface area contributed by atoms with Gasteiger partial charge in [0, 0.05) is 13.5 Å². The first-order valence-corrected chi connectivity index (χ1v) is 6.74.